The Labute approximate surface area is 185 Å². The van der Waals surface area contributed by atoms with Crippen LogP contribution in [-0.2, 0) is 14.4 Å². The van der Waals surface area contributed by atoms with E-state index < -0.39 is 0 Å². The van der Waals surface area contributed by atoms with E-state index in [1.807, 2.05) is 52.8 Å². The van der Waals surface area contributed by atoms with Gasteiger partial charge in [-0.2, -0.15) is 0 Å². The fourth-order valence-corrected chi connectivity index (χ4v) is 3.64. The first kappa shape index (κ1) is 24.8. The van der Waals surface area contributed by atoms with E-state index in [9.17, 15) is 14.4 Å². The molecule has 1 saturated heterocycles. The summed E-state index contributed by atoms with van der Waals surface area (Å²) in [6.45, 7) is 13.0. The van der Waals surface area contributed by atoms with Gasteiger partial charge in [0.05, 0.1) is 19.6 Å². The molecule has 3 amide bonds. The standard InChI is InChI=1S/C23H37N5O3/c1-17-8-7-9-18(2)22(17)24-19(29)14-26(6)16-21(31)28-12-10-27(11-13-28)15-20(30)25-23(3,4)5/h7-9H,10-16H2,1-6H3,(H,24,29)(H,25,30). The molecule has 0 unspecified atom stereocenters. The molecule has 0 aliphatic carbocycles. The molecule has 0 aromatic heterocycles. The summed E-state index contributed by atoms with van der Waals surface area (Å²) in [6, 6.07) is 5.88. The summed E-state index contributed by atoms with van der Waals surface area (Å²) in [6.07, 6.45) is 0. The van der Waals surface area contributed by atoms with Crippen molar-refractivity contribution in [1.82, 2.24) is 20.0 Å². The van der Waals surface area contributed by atoms with Crippen LogP contribution in [0.2, 0.25) is 0 Å². The molecule has 0 bridgehead atoms. The number of benzene rings is 1. The molecule has 1 aromatic carbocycles. The number of carbonyl (C=O) groups excluding carboxylic acids is 3. The van der Waals surface area contributed by atoms with Crippen LogP contribution in [0.25, 0.3) is 0 Å². The summed E-state index contributed by atoms with van der Waals surface area (Å²) in [5.74, 6) is -0.134. The highest BCUT2D eigenvalue weighted by Gasteiger charge is 2.24. The van der Waals surface area contributed by atoms with Gasteiger partial charge in [0.1, 0.15) is 0 Å². The van der Waals surface area contributed by atoms with Gasteiger partial charge in [-0.25, -0.2) is 0 Å². The number of amides is 3. The fourth-order valence-electron chi connectivity index (χ4n) is 3.64. The number of nitrogens with one attached hydrogen (secondary N) is 2. The lowest BCUT2D eigenvalue weighted by Gasteiger charge is -2.35. The minimum atomic E-state index is -0.246. The fraction of sp³-hybridized carbons (Fsp3) is 0.609. The molecule has 172 valence electrons. The van der Waals surface area contributed by atoms with Crippen LogP contribution in [0.1, 0.15) is 31.9 Å². The number of hydrogen-bond donors (Lipinski definition) is 2. The third-order valence-electron chi connectivity index (χ3n) is 5.17. The van der Waals surface area contributed by atoms with Crippen LogP contribution in [0.4, 0.5) is 5.69 Å². The van der Waals surface area contributed by atoms with Crippen molar-refractivity contribution in [3.63, 3.8) is 0 Å². The van der Waals surface area contributed by atoms with Gasteiger partial charge in [-0.05, 0) is 52.8 Å². The maximum atomic E-state index is 12.6. The maximum absolute atomic E-state index is 12.6. The second-order valence-electron chi connectivity index (χ2n) is 9.44. The van der Waals surface area contributed by atoms with Crippen molar-refractivity contribution in [3.05, 3.63) is 29.3 Å². The second-order valence-corrected chi connectivity index (χ2v) is 9.44. The topological polar surface area (TPSA) is 85.0 Å². The van der Waals surface area contributed by atoms with Gasteiger partial charge in [0.2, 0.25) is 17.7 Å². The molecule has 8 heteroatoms. The zero-order valence-corrected chi connectivity index (χ0v) is 19.7. The minimum absolute atomic E-state index is 0.00108. The molecule has 1 aliphatic heterocycles. The summed E-state index contributed by atoms with van der Waals surface area (Å²) >= 11 is 0. The number of para-hydroxylation sites is 1. The van der Waals surface area contributed by atoms with E-state index in [-0.39, 0.29) is 36.3 Å². The van der Waals surface area contributed by atoms with Crippen molar-refractivity contribution in [3.8, 4) is 0 Å². The predicted molar refractivity (Wildman–Crippen MR) is 123 cm³/mol. The highest BCUT2D eigenvalue weighted by atomic mass is 16.2. The Balaban J connectivity index is 1.74. The Hall–Kier alpha value is -2.45. The first-order valence-electron chi connectivity index (χ1n) is 10.8. The van der Waals surface area contributed by atoms with Crippen LogP contribution in [0.3, 0.4) is 0 Å². The van der Waals surface area contributed by atoms with Crippen molar-refractivity contribution < 1.29 is 14.4 Å². The third-order valence-corrected chi connectivity index (χ3v) is 5.17. The monoisotopic (exact) mass is 431 g/mol. The summed E-state index contributed by atoms with van der Waals surface area (Å²) in [4.78, 5) is 42.7. The summed E-state index contributed by atoms with van der Waals surface area (Å²) in [5, 5.41) is 5.92. The van der Waals surface area contributed by atoms with Crippen LogP contribution in [-0.4, -0.2) is 90.8 Å². The predicted octanol–water partition coefficient (Wildman–Crippen LogP) is 1.23. The summed E-state index contributed by atoms with van der Waals surface area (Å²) in [7, 11) is 1.77. The normalized spacial score (nSPS) is 15.1. The Bertz CT molecular complexity index is 775. The van der Waals surface area contributed by atoms with E-state index in [4.69, 9.17) is 0 Å². The van der Waals surface area contributed by atoms with Gasteiger partial charge in [0, 0.05) is 37.4 Å². The molecular formula is C23H37N5O3. The average Bonchev–Trinajstić information content (AvgIpc) is 2.63. The molecule has 2 N–H and O–H groups in total. The van der Waals surface area contributed by atoms with Gasteiger partial charge < -0.3 is 15.5 Å². The molecule has 0 radical (unpaired) electrons. The quantitative estimate of drug-likeness (QED) is 0.678. The Kier molecular flexibility index (Phi) is 8.59. The Morgan fingerprint density at radius 2 is 1.55 bits per heavy atom. The van der Waals surface area contributed by atoms with Crippen LogP contribution in [0.15, 0.2) is 18.2 Å². The number of aryl methyl sites for hydroxylation is 2. The molecule has 1 heterocycles. The van der Waals surface area contributed by atoms with Gasteiger partial charge in [0.25, 0.3) is 0 Å². The van der Waals surface area contributed by atoms with E-state index in [0.717, 1.165) is 16.8 Å². The largest absolute Gasteiger partial charge is 0.350 e. The number of piperazine rings is 1. The zero-order valence-electron chi connectivity index (χ0n) is 19.7. The number of carbonyl (C=O) groups is 3. The van der Waals surface area contributed by atoms with Crippen molar-refractivity contribution in [2.24, 2.45) is 0 Å². The van der Waals surface area contributed by atoms with E-state index in [1.54, 1.807) is 16.8 Å². The summed E-state index contributed by atoms with van der Waals surface area (Å²) < 4.78 is 0. The van der Waals surface area contributed by atoms with Crippen LogP contribution in [0, 0.1) is 13.8 Å². The molecule has 1 aromatic rings. The number of nitrogens with zero attached hydrogens (tertiary/aromatic N) is 3. The maximum Gasteiger partial charge on any atom is 0.238 e. The van der Waals surface area contributed by atoms with E-state index in [0.29, 0.717) is 32.7 Å². The van der Waals surface area contributed by atoms with Gasteiger partial charge >= 0.3 is 0 Å². The number of rotatable bonds is 7. The van der Waals surface area contributed by atoms with Crippen LogP contribution >= 0.6 is 0 Å². The number of hydrogen-bond acceptors (Lipinski definition) is 5. The second kappa shape index (κ2) is 10.7. The molecule has 0 spiro atoms. The highest BCUT2D eigenvalue weighted by Crippen LogP contribution is 2.19. The highest BCUT2D eigenvalue weighted by molar-refractivity contribution is 5.94. The van der Waals surface area contributed by atoms with Gasteiger partial charge in [-0.1, -0.05) is 18.2 Å². The average molecular weight is 432 g/mol. The molecule has 1 fully saturated rings. The molecule has 2 rings (SSSR count). The number of likely N-dealkylation sites (N-methyl/N-ethyl adjacent to an activating group) is 1. The van der Waals surface area contributed by atoms with Gasteiger partial charge in [-0.3, -0.25) is 24.2 Å². The van der Waals surface area contributed by atoms with Crippen LogP contribution in [0.5, 0.6) is 0 Å². The first-order chi connectivity index (χ1) is 14.4. The van der Waals surface area contributed by atoms with E-state index in [2.05, 4.69) is 15.5 Å². The molecule has 31 heavy (non-hydrogen) atoms. The lowest BCUT2D eigenvalue weighted by Crippen LogP contribution is -2.54. The molecule has 0 saturated carbocycles. The van der Waals surface area contributed by atoms with Gasteiger partial charge in [0.15, 0.2) is 0 Å². The molecule has 1 aliphatic rings. The lowest BCUT2D eigenvalue weighted by molar-refractivity contribution is -0.134. The van der Waals surface area contributed by atoms with Crippen molar-refractivity contribution in [2.45, 2.75) is 40.2 Å². The molecule has 0 atom stereocenters. The Morgan fingerprint density at radius 3 is 2.10 bits per heavy atom. The van der Waals surface area contributed by atoms with E-state index in [1.165, 1.54) is 0 Å². The van der Waals surface area contributed by atoms with Crippen LogP contribution < -0.4 is 10.6 Å². The lowest BCUT2D eigenvalue weighted by atomic mass is 10.1. The van der Waals surface area contributed by atoms with Crippen molar-refractivity contribution in [1.29, 1.82) is 0 Å². The first-order valence-corrected chi connectivity index (χ1v) is 10.8. The van der Waals surface area contributed by atoms with E-state index >= 15 is 0 Å². The smallest absolute Gasteiger partial charge is 0.238 e. The zero-order chi connectivity index (χ0) is 23.2. The third kappa shape index (κ3) is 8.30. The minimum Gasteiger partial charge on any atom is -0.350 e. The number of anilines is 1. The van der Waals surface area contributed by atoms with Crippen molar-refractivity contribution in [2.75, 3.05) is 58.2 Å². The Morgan fingerprint density at radius 1 is 0.968 bits per heavy atom. The molecule has 8 nitrogen and oxygen atoms in total. The summed E-state index contributed by atoms with van der Waals surface area (Å²) in [5.41, 5.74) is 2.62. The molecular weight excluding hydrogens is 394 g/mol. The van der Waals surface area contributed by atoms with Crippen molar-refractivity contribution >= 4 is 23.4 Å². The SMILES string of the molecule is Cc1cccc(C)c1NC(=O)CN(C)CC(=O)N1CCN(CC(=O)NC(C)(C)C)CC1. The van der Waals surface area contributed by atoms with Gasteiger partial charge in [-0.15, -0.1) is 0 Å².